The molecule has 20 heavy (non-hydrogen) atoms. The average Bonchev–Trinajstić information content (AvgIpc) is 2.46. The molecule has 4 heteroatoms. The van der Waals surface area contributed by atoms with Gasteiger partial charge in [0.25, 0.3) is 0 Å². The molecule has 1 aliphatic heterocycles. The molecule has 1 aromatic carbocycles. The fourth-order valence-corrected chi connectivity index (χ4v) is 2.12. The van der Waals surface area contributed by atoms with Gasteiger partial charge in [0.1, 0.15) is 11.4 Å². The van der Waals surface area contributed by atoms with Crippen LogP contribution >= 0.6 is 0 Å². The van der Waals surface area contributed by atoms with Crippen molar-refractivity contribution in [2.24, 2.45) is 0 Å². The maximum Gasteiger partial charge on any atom is 0.157 e. The molecule has 0 unspecified atom stereocenters. The van der Waals surface area contributed by atoms with E-state index in [0.29, 0.717) is 18.8 Å². The highest BCUT2D eigenvalue weighted by Gasteiger charge is 2.33. The molecule has 0 aromatic heterocycles. The Morgan fingerprint density at radius 2 is 2.00 bits per heavy atom. The molecule has 1 aromatic rings. The van der Waals surface area contributed by atoms with Crippen LogP contribution in [0.15, 0.2) is 24.3 Å². The summed E-state index contributed by atoms with van der Waals surface area (Å²) in [5, 5.41) is 0. The minimum atomic E-state index is -0.509. The Kier molecular flexibility index (Phi) is 5.52. The Balaban J connectivity index is 1.80. The molecule has 0 spiro atoms. The first-order valence-electron chi connectivity index (χ1n) is 7.23. The minimum Gasteiger partial charge on any atom is -0.366 e. The van der Waals surface area contributed by atoms with Gasteiger partial charge in [0.15, 0.2) is 6.29 Å². The Bertz CT molecular complexity index is 414. The highest BCUT2D eigenvalue weighted by Crippen LogP contribution is 2.23. The smallest absolute Gasteiger partial charge is 0.157 e. The summed E-state index contributed by atoms with van der Waals surface area (Å²) in [4.78, 5) is 0. The number of halogens is 1. The highest BCUT2D eigenvalue weighted by molar-refractivity contribution is 5.16. The van der Waals surface area contributed by atoms with Crippen molar-refractivity contribution in [2.45, 2.75) is 51.6 Å². The second-order valence-electron chi connectivity index (χ2n) is 5.52. The molecule has 0 amide bonds. The van der Waals surface area contributed by atoms with Crippen molar-refractivity contribution in [3.63, 3.8) is 0 Å². The number of rotatable bonds is 6. The number of benzene rings is 1. The van der Waals surface area contributed by atoms with Gasteiger partial charge in [0, 0.05) is 5.56 Å². The summed E-state index contributed by atoms with van der Waals surface area (Å²) in [6.45, 7) is 5.27. The van der Waals surface area contributed by atoms with E-state index >= 15 is 0 Å². The Morgan fingerprint density at radius 3 is 2.65 bits per heavy atom. The first-order valence-corrected chi connectivity index (χ1v) is 7.23. The summed E-state index contributed by atoms with van der Waals surface area (Å²) in [7, 11) is 0. The average molecular weight is 282 g/mol. The lowest BCUT2D eigenvalue weighted by molar-refractivity contribution is -0.264. The second-order valence-corrected chi connectivity index (χ2v) is 5.52. The predicted molar refractivity (Wildman–Crippen MR) is 74.8 cm³/mol. The van der Waals surface area contributed by atoms with Crippen LogP contribution in [-0.4, -0.2) is 25.1 Å². The van der Waals surface area contributed by atoms with Crippen molar-refractivity contribution in [3.05, 3.63) is 35.6 Å². The van der Waals surface area contributed by atoms with E-state index in [-0.39, 0.29) is 18.7 Å². The molecule has 1 fully saturated rings. The van der Waals surface area contributed by atoms with E-state index in [4.69, 9.17) is 14.2 Å². The normalized spacial score (nSPS) is 26.6. The van der Waals surface area contributed by atoms with Gasteiger partial charge in [0.05, 0.1) is 19.8 Å². The SMILES string of the molecule is CCCC[C@H]1OC[C@@](C)(OCc2ccccc2F)CO1. The lowest BCUT2D eigenvalue weighted by Crippen LogP contribution is -2.47. The molecule has 0 bridgehead atoms. The van der Waals surface area contributed by atoms with Gasteiger partial charge < -0.3 is 14.2 Å². The van der Waals surface area contributed by atoms with E-state index in [0.717, 1.165) is 19.3 Å². The number of ether oxygens (including phenoxy) is 3. The maximum absolute atomic E-state index is 13.5. The van der Waals surface area contributed by atoms with Crippen LogP contribution in [0.1, 0.15) is 38.7 Å². The molecule has 0 radical (unpaired) electrons. The zero-order valence-corrected chi connectivity index (χ0v) is 12.2. The van der Waals surface area contributed by atoms with Gasteiger partial charge in [-0.15, -0.1) is 0 Å². The maximum atomic E-state index is 13.5. The quantitative estimate of drug-likeness (QED) is 0.797. The van der Waals surface area contributed by atoms with Crippen molar-refractivity contribution in [1.29, 1.82) is 0 Å². The van der Waals surface area contributed by atoms with E-state index in [1.165, 1.54) is 6.07 Å². The molecule has 0 saturated carbocycles. The first kappa shape index (κ1) is 15.4. The summed E-state index contributed by atoms with van der Waals surface area (Å²) >= 11 is 0. The molecular formula is C16H23FO3. The van der Waals surface area contributed by atoms with Crippen LogP contribution < -0.4 is 0 Å². The van der Waals surface area contributed by atoms with E-state index in [9.17, 15) is 4.39 Å². The zero-order valence-electron chi connectivity index (χ0n) is 12.2. The van der Waals surface area contributed by atoms with Crippen molar-refractivity contribution < 1.29 is 18.6 Å². The molecule has 2 rings (SSSR count). The summed E-state index contributed by atoms with van der Waals surface area (Å²) in [6.07, 6.45) is 3.02. The Labute approximate surface area is 120 Å². The number of unbranched alkanes of at least 4 members (excludes halogenated alkanes) is 1. The van der Waals surface area contributed by atoms with Crippen LogP contribution in [-0.2, 0) is 20.8 Å². The predicted octanol–water partition coefficient (Wildman–Crippen LogP) is 3.66. The Hall–Kier alpha value is -0.970. The summed E-state index contributed by atoms with van der Waals surface area (Å²) in [5.74, 6) is -0.241. The minimum absolute atomic E-state index is 0.125. The summed E-state index contributed by atoms with van der Waals surface area (Å²) in [6, 6.07) is 6.65. The van der Waals surface area contributed by atoms with Gasteiger partial charge in [-0.2, -0.15) is 0 Å². The van der Waals surface area contributed by atoms with Gasteiger partial charge in [-0.1, -0.05) is 31.5 Å². The fraction of sp³-hybridized carbons (Fsp3) is 0.625. The number of hydrogen-bond donors (Lipinski definition) is 0. The third-order valence-electron chi connectivity index (χ3n) is 3.48. The third-order valence-corrected chi connectivity index (χ3v) is 3.48. The molecule has 112 valence electrons. The second kappa shape index (κ2) is 7.16. The van der Waals surface area contributed by atoms with Gasteiger partial charge in [-0.05, 0) is 25.8 Å². The van der Waals surface area contributed by atoms with E-state index in [1.54, 1.807) is 18.2 Å². The summed E-state index contributed by atoms with van der Waals surface area (Å²) < 4.78 is 30.7. The number of hydrogen-bond acceptors (Lipinski definition) is 3. The summed E-state index contributed by atoms with van der Waals surface area (Å²) in [5.41, 5.74) is 0.0483. The fourth-order valence-electron chi connectivity index (χ4n) is 2.12. The van der Waals surface area contributed by atoms with Crippen LogP contribution in [0, 0.1) is 5.82 Å². The van der Waals surface area contributed by atoms with Gasteiger partial charge >= 0.3 is 0 Å². The third kappa shape index (κ3) is 4.27. The van der Waals surface area contributed by atoms with E-state index < -0.39 is 5.60 Å². The van der Waals surface area contributed by atoms with E-state index in [2.05, 4.69) is 6.92 Å². The Morgan fingerprint density at radius 1 is 1.30 bits per heavy atom. The van der Waals surface area contributed by atoms with Crippen molar-refractivity contribution in [2.75, 3.05) is 13.2 Å². The molecule has 1 saturated heterocycles. The first-order chi connectivity index (χ1) is 9.63. The zero-order chi connectivity index (χ0) is 14.4. The van der Waals surface area contributed by atoms with Crippen LogP contribution in [0.2, 0.25) is 0 Å². The van der Waals surface area contributed by atoms with Crippen molar-refractivity contribution in [3.8, 4) is 0 Å². The van der Waals surface area contributed by atoms with Crippen LogP contribution in [0.3, 0.4) is 0 Å². The molecule has 0 atom stereocenters. The van der Waals surface area contributed by atoms with Gasteiger partial charge in [-0.3, -0.25) is 0 Å². The van der Waals surface area contributed by atoms with Gasteiger partial charge in [0.2, 0.25) is 0 Å². The van der Waals surface area contributed by atoms with Crippen molar-refractivity contribution in [1.82, 2.24) is 0 Å². The van der Waals surface area contributed by atoms with Crippen LogP contribution in [0.5, 0.6) is 0 Å². The van der Waals surface area contributed by atoms with Crippen LogP contribution in [0.25, 0.3) is 0 Å². The van der Waals surface area contributed by atoms with Crippen LogP contribution in [0.4, 0.5) is 4.39 Å². The standard InChI is InChI=1S/C16H23FO3/c1-3-4-9-15-18-11-16(2,12-19-15)20-10-13-7-5-6-8-14(13)17/h5-8,15H,3-4,9-12H2,1-2H3/t15-,16+. The molecule has 3 nitrogen and oxygen atoms in total. The highest BCUT2D eigenvalue weighted by atomic mass is 19.1. The lowest BCUT2D eigenvalue weighted by atomic mass is 10.1. The molecule has 0 N–H and O–H groups in total. The van der Waals surface area contributed by atoms with Crippen molar-refractivity contribution >= 4 is 0 Å². The molecular weight excluding hydrogens is 259 g/mol. The molecule has 1 aliphatic rings. The molecule has 0 aliphatic carbocycles. The topological polar surface area (TPSA) is 27.7 Å². The largest absolute Gasteiger partial charge is 0.366 e. The monoisotopic (exact) mass is 282 g/mol. The molecule has 1 heterocycles. The van der Waals surface area contributed by atoms with Gasteiger partial charge in [-0.25, -0.2) is 4.39 Å². The van der Waals surface area contributed by atoms with E-state index in [1.807, 2.05) is 6.92 Å². The lowest BCUT2D eigenvalue weighted by Gasteiger charge is -2.37.